The average Bonchev–Trinajstić information content (AvgIpc) is 2.88. The first-order chi connectivity index (χ1) is 10.9. The number of hydrogen-bond donors (Lipinski definition) is 2. The maximum atomic E-state index is 14.1. The standard InChI is InChI=1S/C16H12Cl2FNO3/c17-10-1-2-12(14(19)6-10)8-3-9-4-11(7-20-16(21)22)23-15(9)13(18)5-8/h1-3,5-6,11,20H,4,7H2,(H,21,22). The zero-order valence-corrected chi connectivity index (χ0v) is 13.3. The second-order valence-electron chi connectivity index (χ2n) is 5.20. The number of rotatable bonds is 3. The Labute approximate surface area is 141 Å². The van der Waals surface area contributed by atoms with Gasteiger partial charge in [-0.3, -0.25) is 0 Å². The Morgan fingerprint density at radius 2 is 2.13 bits per heavy atom. The van der Waals surface area contributed by atoms with Gasteiger partial charge < -0.3 is 15.2 Å². The van der Waals surface area contributed by atoms with Crippen LogP contribution in [-0.4, -0.2) is 23.8 Å². The number of ether oxygens (including phenoxy) is 1. The first kappa shape index (κ1) is 15.9. The lowest BCUT2D eigenvalue weighted by molar-refractivity contribution is 0.181. The summed E-state index contributed by atoms with van der Waals surface area (Å²) in [5.41, 5.74) is 1.84. The smallest absolute Gasteiger partial charge is 0.404 e. The first-order valence-corrected chi connectivity index (χ1v) is 7.61. The van der Waals surface area contributed by atoms with Crippen LogP contribution in [0.2, 0.25) is 10.0 Å². The van der Waals surface area contributed by atoms with Gasteiger partial charge >= 0.3 is 6.09 Å². The van der Waals surface area contributed by atoms with E-state index in [0.29, 0.717) is 33.3 Å². The summed E-state index contributed by atoms with van der Waals surface area (Å²) >= 11 is 12.0. The Morgan fingerprint density at radius 3 is 2.83 bits per heavy atom. The molecule has 0 aromatic heterocycles. The Hall–Kier alpha value is -1.98. The normalized spacial score (nSPS) is 15.9. The van der Waals surface area contributed by atoms with Crippen molar-refractivity contribution in [1.29, 1.82) is 0 Å². The van der Waals surface area contributed by atoms with Crippen molar-refractivity contribution in [3.63, 3.8) is 0 Å². The third-order valence-corrected chi connectivity index (χ3v) is 4.09. The van der Waals surface area contributed by atoms with Gasteiger partial charge in [-0.05, 0) is 35.9 Å². The van der Waals surface area contributed by atoms with Gasteiger partial charge in [0, 0.05) is 22.6 Å². The molecule has 2 aromatic rings. The average molecular weight is 356 g/mol. The van der Waals surface area contributed by atoms with Crippen molar-refractivity contribution in [1.82, 2.24) is 5.32 Å². The minimum absolute atomic E-state index is 0.158. The maximum absolute atomic E-state index is 14.1. The SMILES string of the molecule is O=C(O)NCC1Cc2cc(-c3ccc(Cl)cc3F)cc(Cl)c2O1. The molecular weight excluding hydrogens is 344 g/mol. The van der Waals surface area contributed by atoms with E-state index in [9.17, 15) is 9.18 Å². The molecule has 23 heavy (non-hydrogen) atoms. The van der Waals surface area contributed by atoms with Crippen molar-refractivity contribution in [3.05, 3.63) is 51.8 Å². The van der Waals surface area contributed by atoms with Crippen molar-refractivity contribution in [2.75, 3.05) is 6.54 Å². The molecule has 1 aliphatic heterocycles. The molecule has 0 spiro atoms. The Kier molecular flexibility index (Phi) is 4.33. The third kappa shape index (κ3) is 3.35. The highest BCUT2D eigenvalue weighted by molar-refractivity contribution is 6.32. The van der Waals surface area contributed by atoms with Gasteiger partial charge in [0.1, 0.15) is 17.7 Å². The highest BCUT2D eigenvalue weighted by Gasteiger charge is 2.26. The highest BCUT2D eigenvalue weighted by atomic mass is 35.5. The number of halogens is 3. The lowest BCUT2D eigenvalue weighted by Crippen LogP contribution is -2.33. The molecule has 1 heterocycles. The molecule has 0 fully saturated rings. The summed E-state index contributed by atoms with van der Waals surface area (Å²) < 4.78 is 19.7. The second kappa shape index (κ2) is 6.26. The van der Waals surface area contributed by atoms with Crippen LogP contribution in [0.25, 0.3) is 11.1 Å². The number of carboxylic acid groups (broad SMARTS) is 1. The van der Waals surface area contributed by atoms with Crippen LogP contribution < -0.4 is 10.1 Å². The molecule has 1 amide bonds. The monoisotopic (exact) mass is 355 g/mol. The third-order valence-electron chi connectivity index (χ3n) is 3.58. The number of amides is 1. The summed E-state index contributed by atoms with van der Waals surface area (Å²) in [5.74, 6) is 0.0819. The molecule has 0 aliphatic carbocycles. The lowest BCUT2D eigenvalue weighted by Gasteiger charge is -2.10. The molecule has 1 atom stereocenters. The zero-order valence-electron chi connectivity index (χ0n) is 11.8. The van der Waals surface area contributed by atoms with Crippen LogP contribution in [-0.2, 0) is 6.42 Å². The molecule has 4 nitrogen and oxygen atoms in total. The summed E-state index contributed by atoms with van der Waals surface area (Å²) in [7, 11) is 0. The molecule has 2 aromatic carbocycles. The fraction of sp³-hybridized carbons (Fsp3) is 0.188. The number of carbonyl (C=O) groups is 1. The molecule has 0 saturated heterocycles. The van der Waals surface area contributed by atoms with Crippen LogP contribution in [0.5, 0.6) is 5.75 Å². The number of nitrogens with one attached hydrogen (secondary N) is 1. The van der Waals surface area contributed by atoms with Crippen molar-refractivity contribution in [2.24, 2.45) is 0 Å². The van der Waals surface area contributed by atoms with Crippen LogP contribution >= 0.6 is 23.2 Å². The van der Waals surface area contributed by atoms with E-state index in [4.69, 9.17) is 33.0 Å². The Bertz CT molecular complexity index is 782. The number of fused-ring (bicyclic) bond motifs is 1. The molecule has 3 rings (SSSR count). The fourth-order valence-corrected chi connectivity index (χ4v) is 3.02. The van der Waals surface area contributed by atoms with Crippen LogP contribution in [0, 0.1) is 5.82 Å². The molecule has 120 valence electrons. The van der Waals surface area contributed by atoms with Crippen molar-refractivity contribution in [2.45, 2.75) is 12.5 Å². The fourth-order valence-electron chi connectivity index (χ4n) is 2.58. The minimum atomic E-state index is -1.11. The predicted octanol–water partition coefficient (Wildman–Crippen LogP) is 4.37. The second-order valence-corrected chi connectivity index (χ2v) is 6.04. The quantitative estimate of drug-likeness (QED) is 0.859. The molecule has 0 radical (unpaired) electrons. The summed E-state index contributed by atoms with van der Waals surface area (Å²) in [5, 5.41) is 11.6. The van der Waals surface area contributed by atoms with Gasteiger partial charge in [-0.2, -0.15) is 0 Å². The van der Waals surface area contributed by atoms with Gasteiger partial charge in [-0.15, -0.1) is 0 Å². The van der Waals surface area contributed by atoms with E-state index in [0.717, 1.165) is 5.56 Å². The summed E-state index contributed by atoms with van der Waals surface area (Å²) in [6.07, 6.45) is -0.943. The molecule has 1 unspecified atom stereocenters. The Morgan fingerprint density at radius 1 is 1.35 bits per heavy atom. The van der Waals surface area contributed by atoms with Gasteiger partial charge in [0.05, 0.1) is 11.6 Å². The number of hydrogen-bond acceptors (Lipinski definition) is 2. The van der Waals surface area contributed by atoms with Crippen LogP contribution in [0.3, 0.4) is 0 Å². The van der Waals surface area contributed by atoms with E-state index in [1.165, 1.54) is 6.07 Å². The minimum Gasteiger partial charge on any atom is -0.486 e. The maximum Gasteiger partial charge on any atom is 0.404 e. The van der Waals surface area contributed by atoms with Crippen molar-refractivity contribution >= 4 is 29.3 Å². The van der Waals surface area contributed by atoms with Gasteiger partial charge in [0.15, 0.2) is 0 Å². The van der Waals surface area contributed by atoms with Crippen LogP contribution in [0.1, 0.15) is 5.56 Å². The van der Waals surface area contributed by atoms with Crippen LogP contribution in [0.4, 0.5) is 9.18 Å². The van der Waals surface area contributed by atoms with E-state index in [1.54, 1.807) is 24.3 Å². The Balaban J connectivity index is 1.89. The number of benzene rings is 2. The molecule has 7 heteroatoms. The molecule has 0 bridgehead atoms. The zero-order chi connectivity index (χ0) is 16.6. The van der Waals surface area contributed by atoms with Gasteiger partial charge in [-0.25, -0.2) is 9.18 Å². The molecule has 2 N–H and O–H groups in total. The van der Waals surface area contributed by atoms with E-state index in [2.05, 4.69) is 5.32 Å². The van der Waals surface area contributed by atoms with Gasteiger partial charge in [0.2, 0.25) is 0 Å². The van der Waals surface area contributed by atoms with E-state index in [1.807, 2.05) is 0 Å². The predicted molar refractivity (Wildman–Crippen MR) is 86.0 cm³/mol. The molecular formula is C16H12Cl2FNO3. The topological polar surface area (TPSA) is 58.6 Å². The largest absolute Gasteiger partial charge is 0.486 e. The lowest BCUT2D eigenvalue weighted by atomic mass is 10.0. The summed E-state index contributed by atoms with van der Waals surface area (Å²) in [4.78, 5) is 10.6. The molecule has 0 saturated carbocycles. The summed E-state index contributed by atoms with van der Waals surface area (Å²) in [6, 6.07) is 7.87. The van der Waals surface area contributed by atoms with Crippen LogP contribution in [0.15, 0.2) is 30.3 Å². The molecule has 1 aliphatic rings. The van der Waals surface area contributed by atoms with Gasteiger partial charge in [0.25, 0.3) is 0 Å². The van der Waals surface area contributed by atoms with Crippen molar-refractivity contribution in [3.8, 4) is 16.9 Å². The van der Waals surface area contributed by atoms with E-state index in [-0.39, 0.29) is 12.6 Å². The van der Waals surface area contributed by atoms with Crippen molar-refractivity contribution < 1.29 is 19.0 Å². The highest BCUT2D eigenvalue weighted by Crippen LogP contribution is 2.40. The van der Waals surface area contributed by atoms with E-state index < -0.39 is 11.9 Å². The summed E-state index contributed by atoms with van der Waals surface area (Å²) in [6.45, 7) is 0.158. The first-order valence-electron chi connectivity index (χ1n) is 6.85. The van der Waals surface area contributed by atoms with E-state index >= 15 is 0 Å². The van der Waals surface area contributed by atoms with Gasteiger partial charge in [-0.1, -0.05) is 23.2 Å².